The number of halogens is 1. The monoisotopic (exact) mass is 382 g/mol. The van der Waals surface area contributed by atoms with Gasteiger partial charge in [-0.15, -0.1) is 0 Å². The maximum atomic E-state index is 12.5. The van der Waals surface area contributed by atoms with Gasteiger partial charge in [-0.05, 0) is 43.0 Å². The third-order valence-corrected chi connectivity index (χ3v) is 5.04. The highest BCUT2D eigenvalue weighted by Gasteiger charge is 2.23. The fourth-order valence-corrected chi connectivity index (χ4v) is 3.64. The number of carbonyl (C=O) groups is 1. The largest absolute Gasteiger partial charge is 0.353 e. The van der Waals surface area contributed by atoms with Crippen LogP contribution in [0.2, 0.25) is 5.22 Å². The van der Waals surface area contributed by atoms with Gasteiger partial charge in [-0.2, -0.15) is 0 Å². The van der Waals surface area contributed by atoms with E-state index < -0.39 is 0 Å². The molecule has 1 atom stereocenters. The lowest BCUT2D eigenvalue weighted by Crippen LogP contribution is -2.37. The summed E-state index contributed by atoms with van der Waals surface area (Å²) in [5, 5.41) is 7.23. The van der Waals surface area contributed by atoms with Crippen LogP contribution in [0.1, 0.15) is 41.6 Å². The zero-order valence-electron chi connectivity index (χ0n) is 15.5. The van der Waals surface area contributed by atoms with E-state index >= 15 is 0 Å². The minimum atomic E-state index is -0.0543. The highest BCUT2D eigenvalue weighted by molar-refractivity contribution is 6.29. The van der Waals surface area contributed by atoms with Crippen molar-refractivity contribution in [1.82, 2.24) is 10.5 Å². The Balaban J connectivity index is 1.71. The van der Waals surface area contributed by atoms with Crippen LogP contribution in [0.15, 0.2) is 65.2 Å². The van der Waals surface area contributed by atoms with Crippen molar-refractivity contribution < 1.29 is 9.32 Å². The summed E-state index contributed by atoms with van der Waals surface area (Å²) in [5.74, 6) is 0.0632. The second-order valence-corrected chi connectivity index (χ2v) is 7.02. The first kappa shape index (κ1) is 19.2. The number of hydrogen-bond donors (Lipinski definition) is 1. The molecular formula is C22H23ClN2O2. The van der Waals surface area contributed by atoms with Crippen molar-refractivity contribution in [2.24, 2.45) is 0 Å². The summed E-state index contributed by atoms with van der Waals surface area (Å²) in [5.41, 5.74) is 3.87. The van der Waals surface area contributed by atoms with Crippen LogP contribution in [0, 0.1) is 6.92 Å². The average Bonchev–Trinajstić information content (AvgIpc) is 3.00. The van der Waals surface area contributed by atoms with Gasteiger partial charge in [0.05, 0.1) is 5.69 Å². The SMILES string of the molecule is Cc1noc(Cl)c1CCC(=O)N[C@H](C)C(c1ccccc1)c1ccccc1. The summed E-state index contributed by atoms with van der Waals surface area (Å²) in [6.45, 7) is 3.87. The standard InChI is InChI=1S/C22H23ClN2O2/c1-15-19(22(23)27-25-15)13-14-20(26)24-16(2)21(17-9-5-3-6-10-17)18-11-7-4-8-12-18/h3-12,16,21H,13-14H2,1-2H3,(H,24,26)/t16-/m1/s1. The molecule has 0 unspecified atom stereocenters. The molecule has 1 aromatic heterocycles. The topological polar surface area (TPSA) is 55.1 Å². The van der Waals surface area contributed by atoms with Crippen LogP contribution in [0.5, 0.6) is 0 Å². The molecule has 0 radical (unpaired) electrons. The predicted octanol–water partition coefficient (Wildman–Crippen LogP) is 4.91. The lowest BCUT2D eigenvalue weighted by Gasteiger charge is -2.26. The zero-order valence-corrected chi connectivity index (χ0v) is 16.2. The maximum Gasteiger partial charge on any atom is 0.229 e. The highest BCUT2D eigenvalue weighted by Crippen LogP contribution is 2.28. The molecule has 140 valence electrons. The van der Waals surface area contributed by atoms with E-state index in [-0.39, 0.29) is 23.1 Å². The van der Waals surface area contributed by atoms with Gasteiger partial charge in [-0.25, -0.2) is 0 Å². The molecule has 1 N–H and O–H groups in total. The van der Waals surface area contributed by atoms with Gasteiger partial charge in [-0.1, -0.05) is 65.8 Å². The van der Waals surface area contributed by atoms with Crippen molar-refractivity contribution in [1.29, 1.82) is 0 Å². The van der Waals surface area contributed by atoms with Crippen molar-refractivity contribution in [3.8, 4) is 0 Å². The van der Waals surface area contributed by atoms with Gasteiger partial charge in [0.2, 0.25) is 11.1 Å². The van der Waals surface area contributed by atoms with E-state index in [1.54, 1.807) is 0 Å². The molecule has 0 fully saturated rings. The molecule has 0 aliphatic heterocycles. The first-order chi connectivity index (χ1) is 13.1. The molecular weight excluding hydrogens is 360 g/mol. The number of aryl methyl sites for hydroxylation is 1. The summed E-state index contributed by atoms with van der Waals surface area (Å²) >= 11 is 5.98. The molecule has 5 heteroatoms. The summed E-state index contributed by atoms with van der Waals surface area (Å²) in [6.07, 6.45) is 0.844. The van der Waals surface area contributed by atoms with E-state index in [2.05, 4.69) is 34.7 Å². The molecule has 27 heavy (non-hydrogen) atoms. The average molecular weight is 383 g/mol. The van der Waals surface area contributed by atoms with Crippen LogP contribution in [-0.2, 0) is 11.2 Å². The normalized spacial score (nSPS) is 12.1. The molecule has 0 bridgehead atoms. The van der Waals surface area contributed by atoms with E-state index in [1.165, 1.54) is 11.1 Å². The minimum Gasteiger partial charge on any atom is -0.353 e. The van der Waals surface area contributed by atoms with E-state index in [9.17, 15) is 4.79 Å². The zero-order chi connectivity index (χ0) is 19.2. The van der Waals surface area contributed by atoms with Crippen LogP contribution >= 0.6 is 11.6 Å². The van der Waals surface area contributed by atoms with Crippen molar-refractivity contribution in [2.45, 2.75) is 38.6 Å². The molecule has 2 aromatic carbocycles. The van der Waals surface area contributed by atoms with Gasteiger partial charge < -0.3 is 9.84 Å². The summed E-state index contributed by atoms with van der Waals surface area (Å²) < 4.78 is 4.95. The fourth-order valence-electron chi connectivity index (χ4n) is 3.38. The number of hydrogen-bond acceptors (Lipinski definition) is 3. The van der Waals surface area contributed by atoms with Crippen LogP contribution in [-0.4, -0.2) is 17.1 Å². The third kappa shape index (κ3) is 4.77. The molecule has 0 saturated heterocycles. The highest BCUT2D eigenvalue weighted by atomic mass is 35.5. The Bertz CT molecular complexity index is 819. The lowest BCUT2D eigenvalue weighted by molar-refractivity contribution is -0.121. The quantitative estimate of drug-likeness (QED) is 0.631. The van der Waals surface area contributed by atoms with Gasteiger partial charge in [0.25, 0.3) is 0 Å². The van der Waals surface area contributed by atoms with Crippen LogP contribution < -0.4 is 5.32 Å². The van der Waals surface area contributed by atoms with Crippen molar-refractivity contribution >= 4 is 17.5 Å². The van der Waals surface area contributed by atoms with Crippen LogP contribution in [0.4, 0.5) is 0 Å². The maximum absolute atomic E-state index is 12.5. The fraction of sp³-hybridized carbons (Fsp3) is 0.273. The van der Waals surface area contributed by atoms with Crippen LogP contribution in [0.25, 0.3) is 0 Å². The number of rotatable bonds is 7. The molecule has 3 rings (SSSR count). The Kier molecular flexibility index (Phi) is 6.30. The van der Waals surface area contributed by atoms with E-state index in [0.29, 0.717) is 12.8 Å². The first-order valence-corrected chi connectivity index (χ1v) is 9.44. The van der Waals surface area contributed by atoms with Gasteiger partial charge >= 0.3 is 0 Å². The van der Waals surface area contributed by atoms with E-state index in [1.807, 2.05) is 50.2 Å². The van der Waals surface area contributed by atoms with Crippen molar-refractivity contribution in [3.63, 3.8) is 0 Å². The predicted molar refractivity (Wildman–Crippen MR) is 107 cm³/mol. The first-order valence-electron chi connectivity index (χ1n) is 9.06. The molecule has 1 amide bonds. The molecule has 0 aliphatic rings. The molecule has 3 aromatic rings. The van der Waals surface area contributed by atoms with E-state index in [0.717, 1.165) is 11.3 Å². The molecule has 0 spiro atoms. The van der Waals surface area contributed by atoms with Gasteiger partial charge in [0, 0.05) is 23.9 Å². The number of benzene rings is 2. The van der Waals surface area contributed by atoms with Gasteiger partial charge in [-0.3, -0.25) is 4.79 Å². The lowest BCUT2D eigenvalue weighted by atomic mass is 9.85. The molecule has 0 aliphatic carbocycles. The Morgan fingerprint density at radius 3 is 2.11 bits per heavy atom. The number of nitrogens with one attached hydrogen (secondary N) is 1. The van der Waals surface area contributed by atoms with Gasteiger partial charge in [0.15, 0.2) is 0 Å². The number of carbonyl (C=O) groups excluding carboxylic acids is 1. The molecule has 0 saturated carbocycles. The molecule has 4 nitrogen and oxygen atoms in total. The summed E-state index contributed by atoms with van der Waals surface area (Å²) in [7, 11) is 0. The second kappa shape index (κ2) is 8.87. The Morgan fingerprint density at radius 2 is 1.63 bits per heavy atom. The summed E-state index contributed by atoms with van der Waals surface area (Å²) in [4.78, 5) is 12.5. The smallest absolute Gasteiger partial charge is 0.229 e. The second-order valence-electron chi connectivity index (χ2n) is 6.68. The number of aromatic nitrogens is 1. The Hall–Kier alpha value is -2.59. The van der Waals surface area contributed by atoms with E-state index in [4.69, 9.17) is 16.1 Å². The third-order valence-electron chi connectivity index (χ3n) is 4.74. The minimum absolute atomic E-state index is 0.0176. The van der Waals surface area contributed by atoms with Gasteiger partial charge in [0.1, 0.15) is 0 Å². The number of nitrogens with zero attached hydrogens (tertiary/aromatic N) is 1. The summed E-state index contributed by atoms with van der Waals surface area (Å²) in [6, 6.07) is 20.4. The van der Waals surface area contributed by atoms with Crippen molar-refractivity contribution in [3.05, 3.63) is 88.3 Å². The molecule has 1 heterocycles. The van der Waals surface area contributed by atoms with Crippen LogP contribution in [0.3, 0.4) is 0 Å². The number of amides is 1. The van der Waals surface area contributed by atoms with Crippen molar-refractivity contribution in [2.75, 3.05) is 0 Å². The Morgan fingerprint density at radius 1 is 1.07 bits per heavy atom. The Labute approximate surface area is 164 Å².